The molecule has 142 valence electrons. The van der Waals surface area contributed by atoms with E-state index < -0.39 is 33.4 Å². The summed E-state index contributed by atoms with van der Waals surface area (Å²) in [6.07, 6.45) is 3.25. The first-order valence-electron chi connectivity index (χ1n) is 8.61. The van der Waals surface area contributed by atoms with Crippen LogP contribution in [0.15, 0.2) is 17.6 Å². The fourth-order valence-electron chi connectivity index (χ4n) is 2.99. The molecular weight excluding hydrogens is 357 g/mol. The molecule has 3 rings (SSSR count). The fraction of sp³-hybridized carbons (Fsp3) is 0.688. The molecule has 1 aromatic heterocycles. The molecular formula is C16H24BN3O5S. The first-order valence-corrected chi connectivity index (χ1v) is 10.2. The normalized spacial score (nSPS) is 24.9. The molecule has 1 amide bonds. The summed E-state index contributed by atoms with van der Waals surface area (Å²) >= 11 is 0. The van der Waals surface area contributed by atoms with Gasteiger partial charge in [-0.1, -0.05) is 0 Å². The van der Waals surface area contributed by atoms with Crippen molar-refractivity contribution in [3.8, 4) is 0 Å². The summed E-state index contributed by atoms with van der Waals surface area (Å²) in [5, 5.41) is -0.901. The summed E-state index contributed by atoms with van der Waals surface area (Å²) in [6.45, 7) is 9.80. The van der Waals surface area contributed by atoms with Gasteiger partial charge in [0.2, 0.25) is 20.9 Å². The number of likely N-dealkylation sites (tertiary alicyclic amines) is 1. The van der Waals surface area contributed by atoms with E-state index in [4.69, 9.17) is 9.31 Å². The van der Waals surface area contributed by atoms with Crippen molar-refractivity contribution in [2.24, 2.45) is 0 Å². The molecule has 0 spiro atoms. The van der Waals surface area contributed by atoms with Crippen molar-refractivity contribution in [3.05, 3.63) is 12.4 Å². The van der Waals surface area contributed by atoms with Crippen molar-refractivity contribution in [2.75, 3.05) is 13.1 Å². The van der Waals surface area contributed by atoms with E-state index in [1.807, 2.05) is 27.7 Å². The predicted octanol–water partition coefficient (Wildman–Crippen LogP) is 0.170. The van der Waals surface area contributed by atoms with Gasteiger partial charge in [-0.3, -0.25) is 4.79 Å². The van der Waals surface area contributed by atoms with Gasteiger partial charge in [0.1, 0.15) is 0 Å². The van der Waals surface area contributed by atoms with E-state index in [0.717, 1.165) is 0 Å². The van der Waals surface area contributed by atoms with Crippen LogP contribution in [0.5, 0.6) is 0 Å². The first-order chi connectivity index (χ1) is 11.9. The van der Waals surface area contributed by atoms with Gasteiger partial charge in [0.25, 0.3) is 0 Å². The quantitative estimate of drug-likeness (QED) is 0.544. The Kier molecular flexibility index (Phi) is 4.65. The monoisotopic (exact) mass is 381 g/mol. The largest absolute Gasteiger partial charge is 0.498 e. The second-order valence-corrected chi connectivity index (χ2v) is 9.93. The molecule has 8 nitrogen and oxygen atoms in total. The highest BCUT2D eigenvalue weighted by Gasteiger charge is 2.52. The number of nitrogens with zero attached hydrogens (tertiary/aromatic N) is 3. The Hall–Kier alpha value is -1.52. The van der Waals surface area contributed by atoms with E-state index in [-0.39, 0.29) is 17.6 Å². The standard InChI is InChI=1S/C16H24BN3O5S/c1-11(21)20-7-6-13(10-20)26(22,23)14-18-8-12(9-19-14)17-24-15(2,3)16(4,5)25-17/h8-9,13H,6-7,10H2,1-5H3/t13-/m0/s1. The third-order valence-electron chi connectivity index (χ3n) is 5.46. The number of sulfone groups is 1. The molecule has 2 aliphatic heterocycles. The molecule has 2 aliphatic rings. The van der Waals surface area contributed by atoms with E-state index in [0.29, 0.717) is 18.4 Å². The molecule has 0 radical (unpaired) electrons. The summed E-state index contributed by atoms with van der Waals surface area (Å²) in [7, 11) is -4.33. The van der Waals surface area contributed by atoms with Gasteiger partial charge in [0.15, 0.2) is 0 Å². The van der Waals surface area contributed by atoms with Gasteiger partial charge in [-0.25, -0.2) is 18.4 Å². The molecule has 10 heteroatoms. The highest BCUT2D eigenvalue weighted by atomic mass is 32.2. The van der Waals surface area contributed by atoms with Crippen LogP contribution in [-0.4, -0.2) is 65.9 Å². The van der Waals surface area contributed by atoms with Crippen LogP contribution in [0.4, 0.5) is 0 Å². The predicted molar refractivity (Wildman–Crippen MR) is 95.6 cm³/mol. The molecule has 0 aliphatic carbocycles. The minimum atomic E-state index is -3.69. The highest BCUT2D eigenvalue weighted by molar-refractivity contribution is 7.91. The summed E-state index contributed by atoms with van der Waals surface area (Å²) < 4.78 is 37.3. The van der Waals surface area contributed by atoms with Crippen molar-refractivity contribution in [1.29, 1.82) is 0 Å². The molecule has 0 saturated carbocycles. The second kappa shape index (κ2) is 6.28. The average molecular weight is 381 g/mol. The lowest BCUT2D eigenvalue weighted by atomic mass is 9.81. The zero-order valence-electron chi connectivity index (χ0n) is 15.7. The first kappa shape index (κ1) is 19.3. The molecule has 2 fully saturated rings. The van der Waals surface area contributed by atoms with Crippen LogP contribution in [0.1, 0.15) is 41.0 Å². The molecule has 1 atom stereocenters. The van der Waals surface area contributed by atoms with Gasteiger partial charge in [-0.2, -0.15) is 0 Å². The smallest absolute Gasteiger partial charge is 0.399 e. The van der Waals surface area contributed by atoms with Gasteiger partial charge in [0.05, 0.1) is 16.5 Å². The van der Waals surface area contributed by atoms with Crippen LogP contribution in [-0.2, 0) is 23.9 Å². The second-order valence-electron chi connectivity index (χ2n) is 7.81. The van der Waals surface area contributed by atoms with E-state index in [1.165, 1.54) is 24.2 Å². The van der Waals surface area contributed by atoms with Crippen molar-refractivity contribution < 1.29 is 22.5 Å². The third-order valence-corrected chi connectivity index (χ3v) is 7.44. The Labute approximate surface area is 154 Å². The van der Waals surface area contributed by atoms with Crippen LogP contribution >= 0.6 is 0 Å². The molecule has 1 aromatic rings. The minimum Gasteiger partial charge on any atom is -0.399 e. The van der Waals surface area contributed by atoms with Crippen molar-refractivity contribution in [3.63, 3.8) is 0 Å². The number of aromatic nitrogens is 2. The number of hydrogen-bond donors (Lipinski definition) is 0. The fourth-order valence-corrected chi connectivity index (χ4v) is 4.48. The Morgan fingerprint density at radius 3 is 2.19 bits per heavy atom. The molecule has 0 unspecified atom stereocenters. The Morgan fingerprint density at radius 2 is 1.73 bits per heavy atom. The van der Waals surface area contributed by atoms with Gasteiger partial charge in [-0.15, -0.1) is 0 Å². The van der Waals surface area contributed by atoms with Gasteiger partial charge in [0, 0.05) is 37.9 Å². The molecule has 3 heterocycles. The SMILES string of the molecule is CC(=O)N1CC[C@H](S(=O)(=O)c2ncc(B3OC(C)(C)C(C)(C)O3)cn2)C1. The lowest BCUT2D eigenvalue weighted by Gasteiger charge is -2.32. The Bertz CT molecular complexity index is 794. The number of rotatable bonds is 3. The number of hydrogen-bond acceptors (Lipinski definition) is 7. The summed E-state index contributed by atoms with van der Waals surface area (Å²) in [5.41, 5.74) is -0.426. The van der Waals surface area contributed by atoms with Crippen LogP contribution in [0.3, 0.4) is 0 Å². The van der Waals surface area contributed by atoms with E-state index in [1.54, 1.807) is 0 Å². The van der Waals surface area contributed by atoms with Crippen LogP contribution < -0.4 is 5.46 Å². The van der Waals surface area contributed by atoms with Crippen LogP contribution in [0, 0.1) is 0 Å². The van der Waals surface area contributed by atoms with Gasteiger partial charge < -0.3 is 14.2 Å². The number of carbonyl (C=O) groups is 1. The lowest BCUT2D eigenvalue weighted by Crippen LogP contribution is -2.41. The molecule has 0 bridgehead atoms. The maximum absolute atomic E-state index is 12.7. The topological polar surface area (TPSA) is 98.7 Å². The van der Waals surface area contributed by atoms with E-state index in [9.17, 15) is 13.2 Å². The Balaban J connectivity index is 1.77. The van der Waals surface area contributed by atoms with E-state index >= 15 is 0 Å². The maximum Gasteiger partial charge on any atom is 0.498 e. The Morgan fingerprint density at radius 1 is 1.19 bits per heavy atom. The molecule has 0 N–H and O–H groups in total. The summed E-state index contributed by atoms with van der Waals surface area (Å²) in [4.78, 5) is 21.0. The number of carbonyl (C=O) groups excluding carboxylic acids is 1. The van der Waals surface area contributed by atoms with Gasteiger partial charge >= 0.3 is 7.12 Å². The zero-order valence-corrected chi connectivity index (χ0v) is 16.5. The number of amides is 1. The van der Waals surface area contributed by atoms with Crippen LogP contribution in [0.2, 0.25) is 0 Å². The van der Waals surface area contributed by atoms with E-state index in [2.05, 4.69) is 9.97 Å². The molecule has 26 heavy (non-hydrogen) atoms. The van der Waals surface area contributed by atoms with Crippen molar-refractivity contribution in [2.45, 2.75) is 62.6 Å². The van der Waals surface area contributed by atoms with Crippen molar-refractivity contribution >= 4 is 28.3 Å². The zero-order chi connectivity index (χ0) is 19.3. The minimum absolute atomic E-state index is 0.125. The lowest BCUT2D eigenvalue weighted by molar-refractivity contribution is -0.127. The van der Waals surface area contributed by atoms with Crippen LogP contribution in [0.25, 0.3) is 0 Å². The highest BCUT2D eigenvalue weighted by Crippen LogP contribution is 2.36. The van der Waals surface area contributed by atoms with Crippen molar-refractivity contribution in [1.82, 2.24) is 14.9 Å². The maximum atomic E-state index is 12.7. The molecule has 0 aromatic carbocycles. The summed E-state index contributed by atoms with van der Waals surface area (Å²) in [6, 6.07) is 0. The van der Waals surface area contributed by atoms with Gasteiger partial charge in [-0.05, 0) is 34.1 Å². The third kappa shape index (κ3) is 3.25. The molecule has 2 saturated heterocycles. The average Bonchev–Trinajstić information content (AvgIpc) is 3.11. The summed E-state index contributed by atoms with van der Waals surface area (Å²) in [5.74, 6) is -0.125.